The number of benzene rings is 1. The molecule has 94 valence electrons. The van der Waals surface area contributed by atoms with Crippen LogP contribution in [0.5, 0.6) is 0 Å². The molecule has 0 bridgehead atoms. The van der Waals surface area contributed by atoms with E-state index in [1.54, 1.807) is 12.1 Å². The maximum absolute atomic E-state index is 12.2. The minimum atomic E-state index is -4.20. The first-order valence-corrected chi connectivity index (χ1v) is 6.40. The van der Waals surface area contributed by atoms with E-state index in [4.69, 9.17) is 0 Å². The van der Waals surface area contributed by atoms with Gasteiger partial charge in [-0.05, 0) is 61.3 Å². The fourth-order valence-corrected chi connectivity index (χ4v) is 2.72. The van der Waals surface area contributed by atoms with Gasteiger partial charge in [-0.15, -0.1) is 0 Å². The zero-order chi connectivity index (χ0) is 12.3. The fraction of sp³-hybridized carbons (Fsp3) is 0.500. The largest absolute Gasteiger partial charge is 0.446 e. The minimum Gasteiger partial charge on any atom is -0.316 e. The molecular weight excluding hydrogens is 247 g/mol. The molecule has 1 unspecified atom stereocenters. The first kappa shape index (κ1) is 12.8. The zero-order valence-corrected chi connectivity index (χ0v) is 10.1. The summed E-state index contributed by atoms with van der Waals surface area (Å²) in [5, 5.41) is 3.26. The van der Waals surface area contributed by atoms with Crippen molar-refractivity contribution in [2.45, 2.75) is 23.2 Å². The van der Waals surface area contributed by atoms with Gasteiger partial charge in [0.2, 0.25) is 0 Å². The summed E-state index contributed by atoms with van der Waals surface area (Å²) < 4.78 is 36.7. The summed E-state index contributed by atoms with van der Waals surface area (Å²) in [6.07, 6.45) is 1.97. The second-order valence-electron chi connectivity index (χ2n) is 4.26. The summed E-state index contributed by atoms with van der Waals surface area (Å²) in [5.74, 6) is 0.557. The summed E-state index contributed by atoms with van der Waals surface area (Å²) in [5.41, 5.74) is -3.21. The standard InChI is InChI=1S/C12H14F3NS/c13-12(14,15)17-11-3-1-2-9(7-11)6-10-4-5-16-8-10/h1-3,7,10,16H,4-6,8H2. The van der Waals surface area contributed by atoms with Crippen molar-refractivity contribution < 1.29 is 13.2 Å². The summed E-state index contributed by atoms with van der Waals surface area (Å²) >= 11 is -0.0428. The topological polar surface area (TPSA) is 12.0 Å². The first-order chi connectivity index (χ1) is 8.03. The molecule has 1 saturated heterocycles. The molecule has 5 heteroatoms. The molecule has 1 aromatic carbocycles. The Bertz CT molecular complexity index is 372. The molecule has 1 atom stereocenters. The molecule has 1 heterocycles. The van der Waals surface area contributed by atoms with Gasteiger partial charge in [0.05, 0.1) is 0 Å². The van der Waals surface area contributed by atoms with Gasteiger partial charge in [0.25, 0.3) is 0 Å². The molecule has 0 spiro atoms. The number of nitrogens with one attached hydrogen (secondary N) is 1. The van der Waals surface area contributed by atoms with E-state index in [-0.39, 0.29) is 16.7 Å². The predicted molar refractivity (Wildman–Crippen MR) is 63.0 cm³/mol. The molecule has 0 radical (unpaired) electrons. The van der Waals surface area contributed by atoms with Gasteiger partial charge >= 0.3 is 5.51 Å². The number of rotatable bonds is 3. The lowest BCUT2D eigenvalue weighted by Crippen LogP contribution is -2.10. The average Bonchev–Trinajstić information content (AvgIpc) is 2.68. The van der Waals surface area contributed by atoms with Gasteiger partial charge in [0.1, 0.15) is 0 Å². The molecule has 0 aliphatic carbocycles. The third-order valence-corrected chi connectivity index (χ3v) is 3.54. The van der Waals surface area contributed by atoms with Gasteiger partial charge in [-0.1, -0.05) is 12.1 Å². The molecule has 1 fully saturated rings. The Balaban J connectivity index is 2.00. The molecular formula is C12H14F3NS. The molecule has 17 heavy (non-hydrogen) atoms. The first-order valence-electron chi connectivity index (χ1n) is 5.58. The Kier molecular flexibility index (Phi) is 3.99. The maximum atomic E-state index is 12.2. The van der Waals surface area contributed by atoms with E-state index < -0.39 is 5.51 Å². The molecule has 1 aromatic rings. The van der Waals surface area contributed by atoms with Gasteiger partial charge in [0.15, 0.2) is 0 Å². The van der Waals surface area contributed by atoms with Crippen LogP contribution < -0.4 is 5.32 Å². The fourth-order valence-electron chi connectivity index (χ4n) is 2.09. The number of thioether (sulfide) groups is 1. The van der Waals surface area contributed by atoms with Crippen LogP contribution in [0, 0.1) is 5.92 Å². The summed E-state index contributed by atoms with van der Waals surface area (Å²) in [4.78, 5) is 0.279. The second kappa shape index (κ2) is 5.31. The van der Waals surface area contributed by atoms with Crippen molar-refractivity contribution in [3.05, 3.63) is 29.8 Å². The number of hydrogen-bond donors (Lipinski definition) is 1. The van der Waals surface area contributed by atoms with E-state index in [0.717, 1.165) is 31.5 Å². The third kappa shape index (κ3) is 4.24. The number of hydrogen-bond acceptors (Lipinski definition) is 2. The normalized spacial score (nSPS) is 20.8. The van der Waals surface area contributed by atoms with Gasteiger partial charge in [0, 0.05) is 4.90 Å². The number of halogens is 3. The van der Waals surface area contributed by atoms with E-state index >= 15 is 0 Å². The van der Waals surface area contributed by atoms with Crippen molar-refractivity contribution in [3.8, 4) is 0 Å². The lowest BCUT2D eigenvalue weighted by molar-refractivity contribution is -0.0328. The predicted octanol–water partition coefficient (Wildman–Crippen LogP) is 3.45. The van der Waals surface area contributed by atoms with E-state index in [1.165, 1.54) is 6.07 Å². The molecule has 0 saturated carbocycles. The Hall–Kier alpha value is -0.680. The van der Waals surface area contributed by atoms with E-state index in [0.29, 0.717) is 5.92 Å². The Labute approximate surface area is 103 Å². The molecule has 1 nitrogen and oxygen atoms in total. The SMILES string of the molecule is FC(F)(F)Sc1cccc(CC2CCNC2)c1. The van der Waals surface area contributed by atoms with Crippen LogP contribution >= 0.6 is 11.8 Å². The highest BCUT2D eigenvalue weighted by Gasteiger charge is 2.29. The highest BCUT2D eigenvalue weighted by molar-refractivity contribution is 8.00. The van der Waals surface area contributed by atoms with E-state index in [2.05, 4.69) is 5.32 Å². The smallest absolute Gasteiger partial charge is 0.316 e. The zero-order valence-electron chi connectivity index (χ0n) is 9.26. The van der Waals surface area contributed by atoms with Crippen molar-refractivity contribution >= 4 is 11.8 Å². The Morgan fingerprint density at radius 1 is 1.35 bits per heavy atom. The monoisotopic (exact) mass is 261 g/mol. The Morgan fingerprint density at radius 2 is 2.18 bits per heavy atom. The van der Waals surface area contributed by atoms with Crippen LogP contribution in [0.2, 0.25) is 0 Å². The molecule has 1 N–H and O–H groups in total. The quantitative estimate of drug-likeness (QED) is 0.836. The summed E-state index contributed by atoms with van der Waals surface area (Å²) in [6, 6.07) is 6.76. The molecule has 1 aliphatic heterocycles. The van der Waals surface area contributed by atoms with Gasteiger partial charge in [-0.25, -0.2) is 0 Å². The molecule has 0 amide bonds. The lowest BCUT2D eigenvalue weighted by atomic mass is 9.99. The van der Waals surface area contributed by atoms with Crippen LogP contribution in [0.3, 0.4) is 0 Å². The summed E-state index contributed by atoms with van der Waals surface area (Å²) in [6.45, 7) is 1.98. The van der Waals surface area contributed by atoms with Crippen molar-refractivity contribution in [2.24, 2.45) is 5.92 Å². The lowest BCUT2D eigenvalue weighted by Gasteiger charge is -2.10. The van der Waals surface area contributed by atoms with Crippen LogP contribution in [0.15, 0.2) is 29.2 Å². The van der Waals surface area contributed by atoms with Crippen molar-refractivity contribution in [2.75, 3.05) is 13.1 Å². The average molecular weight is 261 g/mol. The van der Waals surface area contributed by atoms with Crippen molar-refractivity contribution in [1.82, 2.24) is 5.32 Å². The van der Waals surface area contributed by atoms with Crippen LogP contribution in [-0.4, -0.2) is 18.6 Å². The molecule has 2 rings (SSSR count). The third-order valence-electron chi connectivity index (χ3n) is 2.82. The molecule has 1 aliphatic rings. The second-order valence-corrected chi connectivity index (χ2v) is 5.40. The van der Waals surface area contributed by atoms with Crippen LogP contribution in [0.4, 0.5) is 13.2 Å². The van der Waals surface area contributed by atoms with Crippen molar-refractivity contribution in [3.63, 3.8) is 0 Å². The highest BCUT2D eigenvalue weighted by atomic mass is 32.2. The maximum Gasteiger partial charge on any atom is 0.446 e. The number of alkyl halides is 3. The van der Waals surface area contributed by atoms with Crippen LogP contribution in [-0.2, 0) is 6.42 Å². The van der Waals surface area contributed by atoms with Crippen molar-refractivity contribution in [1.29, 1.82) is 0 Å². The van der Waals surface area contributed by atoms with E-state index in [1.807, 2.05) is 6.07 Å². The minimum absolute atomic E-state index is 0.0428. The van der Waals surface area contributed by atoms with Crippen LogP contribution in [0.25, 0.3) is 0 Å². The van der Waals surface area contributed by atoms with Gasteiger partial charge < -0.3 is 5.32 Å². The molecule has 0 aromatic heterocycles. The highest BCUT2D eigenvalue weighted by Crippen LogP contribution is 2.37. The Morgan fingerprint density at radius 3 is 2.82 bits per heavy atom. The van der Waals surface area contributed by atoms with Gasteiger partial charge in [-0.2, -0.15) is 13.2 Å². The van der Waals surface area contributed by atoms with Gasteiger partial charge in [-0.3, -0.25) is 0 Å². The summed E-state index contributed by atoms with van der Waals surface area (Å²) in [7, 11) is 0. The van der Waals surface area contributed by atoms with E-state index in [9.17, 15) is 13.2 Å². The van der Waals surface area contributed by atoms with Crippen LogP contribution in [0.1, 0.15) is 12.0 Å².